The van der Waals surface area contributed by atoms with E-state index in [2.05, 4.69) is 0 Å². The van der Waals surface area contributed by atoms with Crippen molar-refractivity contribution in [3.05, 3.63) is 42.0 Å². The molecule has 0 aliphatic carbocycles. The van der Waals surface area contributed by atoms with E-state index in [9.17, 15) is 20.4 Å². The van der Waals surface area contributed by atoms with Gasteiger partial charge in [-0.15, -0.1) is 0 Å². The molecule has 1 heterocycles. The second-order valence-electron chi connectivity index (χ2n) is 5.11. The fraction of sp³-hybridized carbons (Fsp3) is 0.467. The summed E-state index contributed by atoms with van der Waals surface area (Å²) in [6.45, 7) is 1.32. The van der Waals surface area contributed by atoms with Gasteiger partial charge < -0.3 is 29.9 Å². The van der Waals surface area contributed by atoms with Crippen LogP contribution in [0.3, 0.4) is 0 Å². The van der Waals surface area contributed by atoms with Gasteiger partial charge in [0.05, 0.1) is 6.61 Å². The van der Waals surface area contributed by atoms with Crippen LogP contribution in [-0.2, 0) is 9.47 Å². The van der Waals surface area contributed by atoms with Crippen molar-refractivity contribution >= 4 is 6.08 Å². The van der Waals surface area contributed by atoms with E-state index in [1.54, 1.807) is 6.08 Å². The lowest BCUT2D eigenvalue weighted by atomic mass is 9.97. The molecule has 5 atom stereocenters. The van der Waals surface area contributed by atoms with Crippen molar-refractivity contribution in [1.29, 1.82) is 0 Å². The molecule has 6 nitrogen and oxygen atoms in total. The summed E-state index contributed by atoms with van der Waals surface area (Å²) >= 11 is 0. The number of hydrogen-bond acceptors (Lipinski definition) is 6. The highest BCUT2D eigenvalue weighted by atomic mass is 16.8. The summed E-state index contributed by atoms with van der Waals surface area (Å²) in [7, 11) is 0. The Kier molecular flexibility index (Phi) is 5.10. The summed E-state index contributed by atoms with van der Waals surface area (Å²) in [6, 6.07) is 9.57. The second-order valence-corrected chi connectivity index (χ2v) is 5.11. The highest BCUT2D eigenvalue weighted by Crippen LogP contribution is 2.28. The Bertz CT molecular complexity index is 472. The van der Waals surface area contributed by atoms with Gasteiger partial charge in [-0.05, 0) is 12.5 Å². The molecular formula is C15H20O6. The molecule has 1 aliphatic rings. The predicted molar refractivity (Wildman–Crippen MR) is 74.9 cm³/mol. The monoisotopic (exact) mass is 296 g/mol. The fourth-order valence-corrected chi connectivity index (χ4v) is 2.07. The molecule has 0 bridgehead atoms. The largest absolute Gasteiger partial charge is 0.387 e. The maximum absolute atomic E-state index is 9.79. The highest BCUT2D eigenvalue weighted by Gasteiger charge is 2.50. The zero-order chi connectivity index (χ0) is 15.5. The van der Waals surface area contributed by atoms with E-state index in [0.717, 1.165) is 5.56 Å². The van der Waals surface area contributed by atoms with Gasteiger partial charge in [0.25, 0.3) is 0 Å². The van der Waals surface area contributed by atoms with Gasteiger partial charge in [-0.3, -0.25) is 0 Å². The third kappa shape index (κ3) is 3.88. The Morgan fingerprint density at radius 3 is 2.52 bits per heavy atom. The van der Waals surface area contributed by atoms with Gasteiger partial charge >= 0.3 is 0 Å². The molecule has 1 aromatic carbocycles. The van der Waals surface area contributed by atoms with Crippen molar-refractivity contribution in [1.82, 2.24) is 0 Å². The van der Waals surface area contributed by atoms with Crippen LogP contribution >= 0.6 is 0 Å². The van der Waals surface area contributed by atoms with Gasteiger partial charge in [0.15, 0.2) is 12.1 Å². The molecule has 6 heteroatoms. The molecule has 0 radical (unpaired) electrons. The topological polar surface area (TPSA) is 99.4 Å². The van der Waals surface area contributed by atoms with Crippen LogP contribution < -0.4 is 0 Å². The first-order valence-corrected chi connectivity index (χ1v) is 6.69. The Morgan fingerprint density at radius 1 is 1.19 bits per heavy atom. The number of aliphatic hydroxyl groups excluding tert-OH is 3. The van der Waals surface area contributed by atoms with Crippen LogP contribution in [0.4, 0.5) is 0 Å². The first-order valence-electron chi connectivity index (χ1n) is 6.69. The van der Waals surface area contributed by atoms with Crippen LogP contribution in [0.1, 0.15) is 12.5 Å². The van der Waals surface area contributed by atoms with Crippen molar-refractivity contribution in [3.63, 3.8) is 0 Å². The summed E-state index contributed by atoms with van der Waals surface area (Å²) in [4.78, 5) is 0. The summed E-state index contributed by atoms with van der Waals surface area (Å²) in [6.07, 6.45) is -2.26. The van der Waals surface area contributed by atoms with E-state index in [4.69, 9.17) is 9.47 Å². The average Bonchev–Trinajstić information content (AvgIpc) is 2.47. The molecule has 1 fully saturated rings. The first kappa shape index (κ1) is 16.1. The van der Waals surface area contributed by atoms with Crippen molar-refractivity contribution in [2.75, 3.05) is 6.61 Å². The number of benzene rings is 1. The second kappa shape index (κ2) is 6.65. The number of aliphatic hydroxyl groups is 4. The molecule has 1 saturated heterocycles. The first-order chi connectivity index (χ1) is 9.92. The molecule has 1 aliphatic heterocycles. The summed E-state index contributed by atoms with van der Waals surface area (Å²) in [5.74, 6) is -1.98. The third-order valence-electron chi connectivity index (χ3n) is 3.32. The molecule has 116 valence electrons. The average molecular weight is 296 g/mol. The van der Waals surface area contributed by atoms with Crippen LogP contribution in [0.5, 0.6) is 0 Å². The minimum Gasteiger partial charge on any atom is -0.387 e. The minimum absolute atomic E-state index is 0.121. The predicted octanol–water partition coefficient (Wildman–Crippen LogP) is -0.136. The molecule has 0 spiro atoms. The standard InChI is InChI=1S/C15H20O6/c1-15(19)13(18)11(16)12(17)14(21-15)20-9-5-8-10-6-3-2-4-7-10/h2-8,11-14,16-19H,9H2,1H3/b8-5+. The van der Waals surface area contributed by atoms with E-state index in [0.29, 0.717) is 0 Å². The number of rotatable bonds is 4. The number of hydrogen-bond donors (Lipinski definition) is 4. The SMILES string of the molecule is CC1(O)OC(OC/C=C/c2ccccc2)C(O)C(O)C1O. The Morgan fingerprint density at radius 2 is 1.86 bits per heavy atom. The van der Waals surface area contributed by atoms with Crippen LogP contribution in [0.25, 0.3) is 6.08 Å². The van der Waals surface area contributed by atoms with E-state index < -0.39 is 30.4 Å². The van der Waals surface area contributed by atoms with Gasteiger partial charge in [-0.1, -0.05) is 42.5 Å². The lowest BCUT2D eigenvalue weighted by molar-refractivity contribution is -0.383. The summed E-state index contributed by atoms with van der Waals surface area (Å²) in [5.41, 5.74) is 0.994. The van der Waals surface area contributed by atoms with E-state index in [1.165, 1.54) is 6.92 Å². The molecule has 0 amide bonds. The van der Waals surface area contributed by atoms with Crippen LogP contribution in [0.15, 0.2) is 36.4 Å². The van der Waals surface area contributed by atoms with Crippen LogP contribution in [-0.4, -0.2) is 57.4 Å². The Hall–Kier alpha value is -1.28. The quantitative estimate of drug-likeness (QED) is 0.617. The summed E-state index contributed by atoms with van der Waals surface area (Å²) in [5, 5.41) is 38.8. The number of ether oxygens (including phenoxy) is 2. The van der Waals surface area contributed by atoms with E-state index >= 15 is 0 Å². The minimum atomic E-state index is -1.98. The van der Waals surface area contributed by atoms with Gasteiger partial charge in [0.2, 0.25) is 0 Å². The van der Waals surface area contributed by atoms with Crippen LogP contribution in [0.2, 0.25) is 0 Å². The maximum atomic E-state index is 9.79. The van der Waals surface area contributed by atoms with Gasteiger partial charge in [0.1, 0.15) is 18.3 Å². The highest BCUT2D eigenvalue weighted by molar-refractivity contribution is 5.48. The fourth-order valence-electron chi connectivity index (χ4n) is 2.07. The lowest BCUT2D eigenvalue weighted by Gasteiger charge is -2.43. The normalized spacial score (nSPS) is 37.0. The maximum Gasteiger partial charge on any atom is 0.194 e. The van der Waals surface area contributed by atoms with Crippen molar-refractivity contribution in [2.24, 2.45) is 0 Å². The molecule has 5 unspecified atom stereocenters. The summed E-state index contributed by atoms with van der Waals surface area (Å²) < 4.78 is 10.3. The lowest BCUT2D eigenvalue weighted by Crippen LogP contribution is -2.63. The van der Waals surface area contributed by atoms with E-state index in [-0.39, 0.29) is 6.61 Å². The molecular weight excluding hydrogens is 276 g/mol. The van der Waals surface area contributed by atoms with E-state index in [1.807, 2.05) is 36.4 Å². The van der Waals surface area contributed by atoms with Crippen molar-refractivity contribution in [2.45, 2.75) is 37.3 Å². The zero-order valence-electron chi connectivity index (χ0n) is 11.7. The van der Waals surface area contributed by atoms with Crippen molar-refractivity contribution < 1.29 is 29.9 Å². The Balaban J connectivity index is 1.89. The van der Waals surface area contributed by atoms with Crippen LogP contribution in [0, 0.1) is 0 Å². The smallest absolute Gasteiger partial charge is 0.194 e. The molecule has 0 aromatic heterocycles. The van der Waals surface area contributed by atoms with Gasteiger partial charge in [0, 0.05) is 0 Å². The zero-order valence-corrected chi connectivity index (χ0v) is 11.7. The molecule has 2 rings (SSSR count). The van der Waals surface area contributed by atoms with Gasteiger partial charge in [-0.2, -0.15) is 0 Å². The molecule has 4 N–H and O–H groups in total. The third-order valence-corrected chi connectivity index (χ3v) is 3.32. The Labute approximate surface area is 122 Å². The molecule has 0 saturated carbocycles. The van der Waals surface area contributed by atoms with Gasteiger partial charge in [-0.25, -0.2) is 0 Å². The van der Waals surface area contributed by atoms with Crippen molar-refractivity contribution in [3.8, 4) is 0 Å². The molecule has 1 aromatic rings. The molecule has 21 heavy (non-hydrogen) atoms.